The van der Waals surface area contributed by atoms with Gasteiger partial charge >= 0.3 is 5.97 Å². The number of hydrogen-bond acceptors (Lipinski definition) is 8. The van der Waals surface area contributed by atoms with Crippen molar-refractivity contribution in [1.82, 2.24) is 4.57 Å². The van der Waals surface area contributed by atoms with Gasteiger partial charge in [-0.25, -0.2) is 9.79 Å². The van der Waals surface area contributed by atoms with Gasteiger partial charge in [-0.05, 0) is 64.5 Å². The third-order valence-electron chi connectivity index (χ3n) is 6.02. The molecule has 1 atom stereocenters. The first kappa shape index (κ1) is 30.0. The van der Waals surface area contributed by atoms with E-state index in [1.54, 1.807) is 32.1 Å². The summed E-state index contributed by atoms with van der Waals surface area (Å²) in [5.74, 6) is 3.18. The second-order valence-corrected chi connectivity index (χ2v) is 10.7. The molecule has 2 heterocycles. The Kier molecular flexibility index (Phi) is 9.58. The predicted molar refractivity (Wildman–Crippen MR) is 160 cm³/mol. The van der Waals surface area contributed by atoms with Crippen molar-refractivity contribution in [2.75, 3.05) is 19.8 Å². The van der Waals surface area contributed by atoms with Gasteiger partial charge in [-0.15, -0.1) is 6.42 Å². The van der Waals surface area contributed by atoms with Crippen LogP contribution in [-0.4, -0.2) is 36.5 Å². The highest BCUT2D eigenvalue weighted by atomic mass is 35.5. The van der Waals surface area contributed by atoms with Gasteiger partial charge in [0.05, 0.1) is 40.1 Å². The predicted octanol–water partition coefficient (Wildman–Crippen LogP) is 4.65. The highest BCUT2D eigenvalue weighted by Crippen LogP contribution is 2.38. The molecular formula is C31H31ClN2O6S. The Hall–Kier alpha value is -4.00. The Bertz CT molecular complexity index is 1710. The van der Waals surface area contributed by atoms with Crippen molar-refractivity contribution in [3.8, 4) is 29.6 Å². The topological polar surface area (TPSA) is 88.4 Å². The summed E-state index contributed by atoms with van der Waals surface area (Å²) in [6.07, 6.45) is 6.92. The average molecular weight is 595 g/mol. The molecule has 0 amide bonds. The maximum atomic E-state index is 14.0. The molecule has 0 spiro atoms. The second-order valence-electron chi connectivity index (χ2n) is 9.26. The molecule has 0 radical (unpaired) electrons. The number of halogens is 1. The molecule has 0 N–H and O–H groups in total. The number of thiazole rings is 1. The smallest absolute Gasteiger partial charge is 0.338 e. The molecule has 0 bridgehead atoms. The molecule has 1 aromatic heterocycles. The number of carbonyl (C=O) groups excluding carboxylic acids is 1. The molecule has 0 unspecified atom stereocenters. The number of rotatable bonds is 10. The molecular weight excluding hydrogens is 564 g/mol. The minimum atomic E-state index is -0.801. The van der Waals surface area contributed by atoms with Crippen molar-refractivity contribution in [1.29, 1.82) is 0 Å². The molecule has 8 nitrogen and oxygen atoms in total. The number of terminal acetylenes is 1. The van der Waals surface area contributed by atoms with Crippen LogP contribution in [-0.2, 0) is 9.53 Å². The molecule has 1 aliphatic rings. The first-order chi connectivity index (χ1) is 19.7. The largest absolute Gasteiger partial charge is 0.491 e. The summed E-state index contributed by atoms with van der Waals surface area (Å²) in [7, 11) is 0. The standard InChI is InChI=1S/C31H31ClN2O6S/c1-7-14-39-28-22(32)15-20(16-24(28)37-8-2)17-25-29(35)34-27(21-12-10-11-13-23(21)40-18(4)5)26(30(36)38-9-3)19(6)33-31(34)41-25/h1,10-13,15-18,27H,8-9,14H2,2-6H3/b25-17+/t27-/m0/s1. The normalized spacial score (nSPS) is 14.8. The number of aromatic nitrogens is 1. The number of benzene rings is 2. The Morgan fingerprint density at radius 2 is 1.95 bits per heavy atom. The van der Waals surface area contributed by atoms with Gasteiger partial charge in [0.15, 0.2) is 16.3 Å². The fourth-order valence-corrected chi connectivity index (χ4v) is 5.81. The van der Waals surface area contributed by atoms with E-state index in [-0.39, 0.29) is 30.5 Å². The summed E-state index contributed by atoms with van der Waals surface area (Å²) < 4.78 is 24.7. The average Bonchev–Trinajstić information content (AvgIpc) is 3.22. The van der Waals surface area contributed by atoms with Crippen molar-refractivity contribution in [2.24, 2.45) is 4.99 Å². The molecule has 2 aromatic carbocycles. The zero-order chi connectivity index (χ0) is 29.7. The van der Waals surface area contributed by atoms with Crippen LogP contribution in [0.3, 0.4) is 0 Å². The van der Waals surface area contributed by atoms with Gasteiger partial charge in [-0.3, -0.25) is 9.36 Å². The number of fused-ring (bicyclic) bond motifs is 1. The summed E-state index contributed by atoms with van der Waals surface area (Å²) >= 11 is 7.72. The fraction of sp³-hybridized carbons (Fsp3) is 0.323. The van der Waals surface area contributed by atoms with E-state index in [2.05, 4.69) is 10.9 Å². The first-order valence-electron chi connectivity index (χ1n) is 13.2. The minimum absolute atomic E-state index is 0.0297. The van der Waals surface area contributed by atoms with E-state index in [0.29, 0.717) is 55.0 Å². The van der Waals surface area contributed by atoms with Crippen LogP contribution in [0.2, 0.25) is 5.02 Å². The van der Waals surface area contributed by atoms with Crippen molar-refractivity contribution in [2.45, 2.75) is 46.8 Å². The quantitative estimate of drug-likeness (QED) is 0.251. The lowest BCUT2D eigenvalue weighted by atomic mass is 9.95. The molecule has 214 valence electrons. The van der Waals surface area contributed by atoms with Crippen LogP contribution in [0.15, 0.2) is 57.5 Å². The maximum absolute atomic E-state index is 14.0. The third-order valence-corrected chi connectivity index (χ3v) is 7.29. The lowest BCUT2D eigenvalue weighted by molar-refractivity contribution is -0.139. The van der Waals surface area contributed by atoms with E-state index in [1.807, 2.05) is 45.0 Å². The molecule has 0 saturated carbocycles. The molecule has 1 aliphatic heterocycles. The number of ether oxygens (including phenoxy) is 4. The zero-order valence-electron chi connectivity index (χ0n) is 23.5. The number of carbonyl (C=O) groups is 1. The Morgan fingerprint density at radius 3 is 2.63 bits per heavy atom. The Morgan fingerprint density at radius 1 is 1.20 bits per heavy atom. The van der Waals surface area contributed by atoms with Gasteiger partial charge in [0.25, 0.3) is 5.56 Å². The number of allylic oxidation sites excluding steroid dienone is 1. The Balaban J connectivity index is 1.94. The van der Waals surface area contributed by atoms with Crippen LogP contribution in [0.4, 0.5) is 0 Å². The summed E-state index contributed by atoms with van der Waals surface area (Å²) in [5.41, 5.74) is 1.70. The molecule has 0 saturated heterocycles. The van der Waals surface area contributed by atoms with E-state index in [4.69, 9.17) is 37.0 Å². The van der Waals surface area contributed by atoms with Crippen molar-refractivity contribution < 1.29 is 23.7 Å². The van der Waals surface area contributed by atoms with Gasteiger partial charge in [0.1, 0.15) is 18.4 Å². The van der Waals surface area contributed by atoms with Gasteiger partial charge < -0.3 is 18.9 Å². The van der Waals surface area contributed by atoms with Crippen LogP contribution in [0.1, 0.15) is 51.8 Å². The first-order valence-corrected chi connectivity index (χ1v) is 14.4. The molecule has 0 aliphatic carbocycles. The monoisotopic (exact) mass is 594 g/mol. The highest BCUT2D eigenvalue weighted by molar-refractivity contribution is 7.07. The fourth-order valence-electron chi connectivity index (χ4n) is 4.49. The van der Waals surface area contributed by atoms with Crippen LogP contribution < -0.4 is 29.1 Å². The lowest BCUT2D eigenvalue weighted by Gasteiger charge is -2.26. The summed E-state index contributed by atoms with van der Waals surface area (Å²) in [5, 5.41) is 0.295. The second kappa shape index (κ2) is 13.1. The van der Waals surface area contributed by atoms with Crippen LogP contribution in [0, 0.1) is 12.3 Å². The zero-order valence-corrected chi connectivity index (χ0v) is 25.1. The molecule has 3 aromatic rings. The minimum Gasteiger partial charge on any atom is -0.491 e. The summed E-state index contributed by atoms with van der Waals surface area (Å²) in [6, 6.07) is 9.97. The molecule has 4 rings (SSSR count). The number of para-hydroxylation sites is 1. The van der Waals surface area contributed by atoms with Crippen molar-refractivity contribution >= 4 is 35.0 Å². The Labute approximate surface area is 247 Å². The van der Waals surface area contributed by atoms with Crippen LogP contribution in [0.5, 0.6) is 17.2 Å². The van der Waals surface area contributed by atoms with E-state index >= 15 is 0 Å². The number of esters is 1. The van der Waals surface area contributed by atoms with Gasteiger partial charge in [-0.1, -0.05) is 47.1 Å². The van der Waals surface area contributed by atoms with Gasteiger partial charge in [-0.2, -0.15) is 0 Å². The SMILES string of the molecule is C#CCOc1c(Cl)cc(/C=c2/sc3n(c2=O)[C@@H](c2ccccc2OC(C)C)C(C(=O)OCC)=C(C)N=3)cc1OCC. The van der Waals surface area contributed by atoms with Crippen molar-refractivity contribution in [3.05, 3.63) is 83.5 Å². The maximum Gasteiger partial charge on any atom is 0.338 e. The van der Waals surface area contributed by atoms with E-state index < -0.39 is 12.0 Å². The van der Waals surface area contributed by atoms with Crippen LogP contribution >= 0.6 is 22.9 Å². The molecule has 0 fully saturated rings. The molecule has 10 heteroatoms. The molecule has 41 heavy (non-hydrogen) atoms. The van der Waals surface area contributed by atoms with E-state index in [0.717, 1.165) is 0 Å². The third kappa shape index (κ3) is 6.34. The highest BCUT2D eigenvalue weighted by Gasteiger charge is 2.35. The van der Waals surface area contributed by atoms with E-state index in [9.17, 15) is 9.59 Å². The lowest BCUT2D eigenvalue weighted by Crippen LogP contribution is -2.40. The van der Waals surface area contributed by atoms with Gasteiger partial charge in [0.2, 0.25) is 0 Å². The number of hydrogen-bond donors (Lipinski definition) is 0. The number of nitrogens with zero attached hydrogens (tertiary/aromatic N) is 2. The van der Waals surface area contributed by atoms with Gasteiger partial charge in [0, 0.05) is 5.56 Å². The van der Waals surface area contributed by atoms with Crippen molar-refractivity contribution in [3.63, 3.8) is 0 Å². The van der Waals surface area contributed by atoms with Crippen LogP contribution in [0.25, 0.3) is 6.08 Å². The summed E-state index contributed by atoms with van der Waals surface area (Å²) in [4.78, 5) is 32.3. The summed E-state index contributed by atoms with van der Waals surface area (Å²) in [6.45, 7) is 9.74. The van der Waals surface area contributed by atoms with E-state index in [1.165, 1.54) is 15.9 Å².